The highest BCUT2D eigenvalue weighted by Gasteiger charge is 2.19. The van der Waals surface area contributed by atoms with E-state index in [1.54, 1.807) is 11.3 Å². The molecule has 0 aliphatic heterocycles. The van der Waals surface area contributed by atoms with Gasteiger partial charge in [-0.2, -0.15) is 0 Å². The molecule has 5 heteroatoms. The Morgan fingerprint density at radius 1 is 0.373 bits per heavy atom. The highest BCUT2D eigenvalue weighted by Crippen LogP contribution is 2.44. The Hall–Kier alpha value is -7.60. The SMILES string of the molecule is c1ccc(-n2c3ccccc3c3cc(-c4ccc5c6ccccc6n(-c6cccc(-c7cnc8c(n7)sc7c9ccccc9c9ccccc9c87)c6)c5c4)ccc32)cc1. The zero-order valence-electron chi connectivity index (χ0n) is 31.7. The number of thiophene rings is 1. The molecule has 0 saturated heterocycles. The first-order valence-corrected chi connectivity index (χ1v) is 20.8. The van der Waals surface area contributed by atoms with Crippen LogP contribution in [-0.4, -0.2) is 19.1 Å². The molecule has 4 heterocycles. The molecule has 0 N–H and O–H groups in total. The van der Waals surface area contributed by atoms with E-state index in [9.17, 15) is 0 Å². The quantitative estimate of drug-likeness (QED) is 0.167. The summed E-state index contributed by atoms with van der Waals surface area (Å²) in [5.41, 5.74) is 12.2. The third-order valence-corrected chi connectivity index (χ3v) is 13.3. The second-order valence-electron chi connectivity index (χ2n) is 15.4. The topological polar surface area (TPSA) is 35.6 Å². The monoisotopic (exact) mass is 768 g/mol. The smallest absolute Gasteiger partial charge is 0.143 e. The van der Waals surface area contributed by atoms with E-state index in [0.717, 1.165) is 38.5 Å². The van der Waals surface area contributed by atoms with Gasteiger partial charge in [-0.15, -0.1) is 11.3 Å². The van der Waals surface area contributed by atoms with Crippen molar-refractivity contribution in [2.45, 2.75) is 0 Å². The molecule has 0 unspecified atom stereocenters. The van der Waals surface area contributed by atoms with Crippen molar-refractivity contribution in [3.05, 3.63) is 194 Å². The zero-order chi connectivity index (χ0) is 38.6. The molecule has 0 radical (unpaired) electrons. The summed E-state index contributed by atoms with van der Waals surface area (Å²) in [5, 5.41) is 11.1. The van der Waals surface area contributed by atoms with Crippen LogP contribution in [-0.2, 0) is 0 Å². The summed E-state index contributed by atoms with van der Waals surface area (Å²) in [6, 6.07) is 68.1. The van der Waals surface area contributed by atoms with Gasteiger partial charge in [-0.1, -0.05) is 133 Å². The molecule has 59 heavy (non-hydrogen) atoms. The molecule has 0 atom stereocenters. The molecule has 274 valence electrons. The molecule has 4 aromatic heterocycles. The molecule has 0 amide bonds. The van der Waals surface area contributed by atoms with Crippen LogP contribution < -0.4 is 0 Å². The molecule has 0 aliphatic carbocycles. The van der Waals surface area contributed by atoms with E-state index in [2.05, 4.69) is 197 Å². The van der Waals surface area contributed by atoms with Crippen molar-refractivity contribution in [1.82, 2.24) is 19.1 Å². The van der Waals surface area contributed by atoms with Gasteiger partial charge in [0.25, 0.3) is 0 Å². The highest BCUT2D eigenvalue weighted by atomic mass is 32.1. The highest BCUT2D eigenvalue weighted by molar-refractivity contribution is 7.26. The van der Waals surface area contributed by atoms with Gasteiger partial charge < -0.3 is 9.13 Å². The van der Waals surface area contributed by atoms with Crippen LogP contribution >= 0.6 is 11.3 Å². The number of benzene rings is 9. The number of aromatic nitrogens is 4. The third-order valence-electron chi connectivity index (χ3n) is 12.2. The lowest BCUT2D eigenvalue weighted by Gasteiger charge is -2.11. The van der Waals surface area contributed by atoms with Crippen molar-refractivity contribution in [2.24, 2.45) is 0 Å². The predicted octanol–water partition coefficient (Wildman–Crippen LogP) is 14.7. The first kappa shape index (κ1) is 32.5. The van der Waals surface area contributed by atoms with Gasteiger partial charge in [0.2, 0.25) is 0 Å². The Kier molecular flexibility index (Phi) is 6.85. The van der Waals surface area contributed by atoms with Gasteiger partial charge >= 0.3 is 0 Å². The van der Waals surface area contributed by atoms with Gasteiger partial charge in [0, 0.05) is 54.0 Å². The summed E-state index contributed by atoms with van der Waals surface area (Å²) in [5.74, 6) is 0. The molecular formula is C54H32N4S. The number of nitrogens with zero attached hydrogens (tertiary/aromatic N) is 4. The Morgan fingerprint density at radius 3 is 1.75 bits per heavy atom. The summed E-state index contributed by atoms with van der Waals surface area (Å²) < 4.78 is 6.01. The molecule has 13 rings (SSSR count). The van der Waals surface area contributed by atoms with Gasteiger partial charge in [-0.25, -0.2) is 4.98 Å². The van der Waals surface area contributed by atoms with Crippen molar-refractivity contribution >= 4 is 96.9 Å². The number of fused-ring (bicyclic) bond motifs is 14. The summed E-state index contributed by atoms with van der Waals surface area (Å²) >= 11 is 1.74. The lowest BCUT2D eigenvalue weighted by molar-refractivity contribution is 1.18. The Bertz CT molecular complexity index is 3850. The van der Waals surface area contributed by atoms with E-state index < -0.39 is 0 Å². The normalized spacial score (nSPS) is 12.1. The van der Waals surface area contributed by atoms with Crippen LogP contribution in [0.15, 0.2) is 194 Å². The largest absolute Gasteiger partial charge is 0.309 e. The van der Waals surface area contributed by atoms with E-state index >= 15 is 0 Å². The number of para-hydroxylation sites is 3. The molecule has 0 spiro atoms. The van der Waals surface area contributed by atoms with Crippen LogP contribution in [0, 0.1) is 0 Å². The minimum absolute atomic E-state index is 0.865. The minimum Gasteiger partial charge on any atom is -0.309 e. The maximum Gasteiger partial charge on any atom is 0.143 e. The van der Waals surface area contributed by atoms with Crippen LogP contribution in [0.2, 0.25) is 0 Å². The fraction of sp³-hybridized carbons (Fsp3) is 0. The molecule has 4 nitrogen and oxygen atoms in total. The third kappa shape index (κ3) is 4.77. The van der Waals surface area contributed by atoms with Crippen LogP contribution in [0.25, 0.3) is 119 Å². The van der Waals surface area contributed by atoms with E-state index in [1.807, 2.05) is 6.20 Å². The number of hydrogen-bond donors (Lipinski definition) is 0. The van der Waals surface area contributed by atoms with Crippen molar-refractivity contribution in [3.63, 3.8) is 0 Å². The van der Waals surface area contributed by atoms with E-state index in [0.29, 0.717) is 0 Å². The van der Waals surface area contributed by atoms with Crippen molar-refractivity contribution < 1.29 is 0 Å². The number of hydrogen-bond acceptors (Lipinski definition) is 3. The second kappa shape index (κ2) is 12.4. The summed E-state index contributed by atoms with van der Waals surface area (Å²) in [4.78, 5) is 11.4. The summed E-state index contributed by atoms with van der Waals surface area (Å²) in [6.07, 6.45) is 1.95. The molecule has 0 aliphatic rings. The van der Waals surface area contributed by atoms with Gasteiger partial charge in [0.05, 0.1) is 34.0 Å². The average molecular weight is 769 g/mol. The first-order valence-electron chi connectivity index (χ1n) is 20.0. The second-order valence-corrected chi connectivity index (χ2v) is 16.4. The van der Waals surface area contributed by atoms with E-state index in [1.165, 1.54) is 80.9 Å². The maximum atomic E-state index is 5.31. The van der Waals surface area contributed by atoms with Gasteiger partial charge in [0.1, 0.15) is 10.3 Å². The van der Waals surface area contributed by atoms with Crippen LogP contribution in [0.5, 0.6) is 0 Å². The zero-order valence-corrected chi connectivity index (χ0v) is 32.5. The van der Waals surface area contributed by atoms with Crippen LogP contribution in [0.1, 0.15) is 0 Å². The van der Waals surface area contributed by atoms with Crippen LogP contribution in [0.4, 0.5) is 0 Å². The Labute approximate surface area is 342 Å². The van der Waals surface area contributed by atoms with E-state index in [4.69, 9.17) is 9.97 Å². The fourth-order valence-electron chi connectivity index (χ4n) is 9.54. The molecule has 13 aromatic rings. The lowest BCUT2D eigenvalue weighted by atomic mass is 9.98. The maximum absolute atomic E-state index is 5.31. The fourth-order valence-corrected chi connectivity index (χ4v) is 10.7. The first-order chi connectivity index (χ1) is 29.3. The molecule has 0 fully saturated rings. The van der Waals surface area contributed by atoms with Crippen molar-refractivity contribution in [2.75, 3.05) is 0 Å². The standard InChI is InChI=1S/C54H32N4S/c1-2-14-36(15-3-1)57-48-24-11-9-20-41(48)45-30-33(26-28-49(45)57)34-25-27-42-40-19-8-10-23-47(40)58(50(42)31-34)37-16-12-13-35(29-37)46-32-55-52-51-43-21-6-4-17-38(43)39-18-5-7-22-44(39)53(51)59-54(52)56-46/h1-32H. The van der Waals surface area contributed by atoms with Crippen molar-refractivity contribution in [1.29, 1.82) is 0 Å². The predicted molar refractivity (Wildman–Crippen MR) is 249 cm³/mol. The minimum atomic E-state index is 0.865. The van der Waals surface area contributed by atoms with E-state index in [-0.39, 0.29) is 0 Å². The summed E-state index contributed by atoms with van der Waals surface area (Å²) in [7, 11) is 0. The molecule has 0 saturated carbocycles. The Balaban J connectivity index is 0.966. The lowest BCUT2D eigenvalue weighted by Crippen LogP contribution is -1.95. The molecule has 0 bridgehead atoms. The van der Waals surface area contributed by atoms with Gasteiger partial charge in [-0.05, 0) is 81.9 Å². The molecule has 9 aromatic carbocycles. The van der Waals surface area contributed by atoms with Gasteiger partial charge in [-0.3, -0.25) is 4.98 Å². The van der Waals surface area contributed by atoms with Crippen molar-refractivity contribution in [3.8, 4) is 33.8 Å². The Morgan fingerprint density at radius 2 is 0.949 bits per heavy atom. The number of rotatable bonds is 4. The average Bonchev–Trinajstić information content (AvgIpc) is 3.97. The van der Waals surface area contributed by atoms with Gasteiger partial charge in [0.15, 0.2) is 0 Å². The van der Waals surface area contributed by atoms with Crippen LogP contribution in [0.3, 0.4) is 0 Å². The summed E-state index contributed by atoms with van der Waals surface area (Å²) in [6.45, 7) is 0. The molecular weight excluding hydrogens is 737 g/mol.